The maximum atomic E-state index is 12.6. The van der Waals surface area contributed by atoms with Gasteiger partial charge in [-0.2, -0.15) is 4.98 Å². The van der Waals surface area contributed by atoms with Gasteiger partial charge in [-0.25, -0.2) is 4.98 Å². The second-order valence-electron chi connectivity index (χ2n) is 5.55. The Hall–Kier alpha value is -3.55. The smallest absolute Gasteiger partial charge is 0.254 e. The van der Waals surface area contributed by atoms with Crippen LogP contribution in [-0.2, 0) is 6.54 Å². The summed E-state index contributed by atoms with van der Waals surface area (Å²) in [4.78, 5) is 29.6. The van der Waals surface area contributed by atoms with Gasteiger partial charge >= 0.3 is 0 Å². The summed E-state index contributed by atoms with van der Waals surface area (Å²) >= 11 is 0. The highest BCUT2D eigenvalue weighted by atomic mass is 16.5. The molecule has 8 nitrogen and oxygen atoms in total. The van der Waals surface area contributed by atoms with Crippen molar-refractivity contribution in [3.05, 3.63) is 60.5 Å². The first-order valence-corrected chi connectivity index (χ1v) is 7.62. The minimum atomic E-state index is -0.141. The summed E-state index contributed by atoms with van der Waals surface area (Å²) in [5, 5.41) is 3.93. The first-order chi connectivity index (χ1) is 12.2. The molecule has 0 saturated carbocycles. The maximum absolute atomic E-state index is 12.6. The van der Waals surface area contributed by atoms with Crippen molar-refractivity contribution in [1.29, 1.82) is 0 Å². The lowest BCUT2D eigenvalue weighted by Crippen LogP contribution is -2.26. The standard InChI is InChI=1S/C17H14N6O2/c1-23(17(24)11-4-5-13-14(7-11)20-10-19-13)9-15-21-16(22-25-15)12-3-2-6-18-8-12/h2-8,10H,9H2,1H3,(H,19,20). The van der Waals surface area contributed by atoms with Crippen LogP contribution in [0.5, 0.6) is 0 Å². The lowest BCUT2D eigenvalue weighted by atomic mass is 10.2. The van der Waals surface area contributed by atoms with E-state index in [-0.39, 0.29) is 12.5 Å². The van der Waals surface area contributed by atoms with E-state index in [1.54, 1.807) is 50.0 Å². The Morgan fingerprint density at radius 2 is 2.24 bits per heavy atom. The molecule has 0 fully saturated rings. The van der Waals surface area contributed by atoms with Gasteiger partial charge < -0.3 is 14.4 Å². The van der Waals surface area contributed by atoms with E-state index in [1.807, 2.05) is 6.07 Å². The Morgan fingerprint density at radius 3 is 3.08 bits per heavy atom. The predicted molar refractivity (Wildman–Crippen MR) is 89.4 cm³/mol. The highest BCUT2D eigenvalue weighted by Crippen LogP contribution is 2.16. The number of benzene rings is 1. The van der Waals surface area contributed by atoms with Gasteiger partial charge in [0.2, 0.25) is 11.7 Å². The van der Waals surface area contributed by atoms with Gasteiger partial charge in [-0.1, -0.05) is 5.16 Å². The molecule has 4 aromatic rings. The number of hydrogen-bond donors (Lipinski definition) is 1. The van der Waals surface area contributed by atoms with Crippen LogP contribution >= 0.6 is 0 Å². The van der Waals surface area contributed by atoms with Gasteiger partial charge in [-0.3, -0.25) is 9.78 Å². The van der Waals surface area contributed by atoms with Crippen molar-refractivity contribution >= 4 is 16.9 Å². The van der Waals surface area contributed by atoms with Crippen molar-refractivity contribution in [3.63, 3.8) is 0 Å². The molecule has 0 radical (unpaired) electrons. The van der Waals surface area contributed by atoms with Gasteiger partial charge in [-0.15, -0.1) is 0 Å². The molecule has 1 aromatic carbocycles. The number of imidazole rings is 1. The lowest BCUT2D eigenvalue weighted by Gasteiger charge is -2.14. The molecule has 124 valence electrons. The molecule has 0 aliphatic rings. The van der Waals surface area contributed by atoms with Crippen LogP contribution in [0, 0.1) is 0 Å². The Labute approximate surface area is 142 Å². The zero-order valence-electron chi connectivity index (χ0n) is 13.4. The number of aromatic nitrogens is 5. The molecule has 0 atom stereocenters. The molecule has 1 N–H and O–H groups in total. The quantitative estimate of drug-likeness (QED) is 0.614. The van der Waals surface area contributed by atoms with E-state index < -0.39 is 0 Å². The van der Waals surface area contributed by atoms with E-state index in [2.05, 4.69) is 25.1 Å². The van der Waals surface area contributed by atoms with Gasteiger partial charge in [0.25, 0.3) is 5.91 Å². The number of fused-ring (bicyclic) bond motifs is 1. The average Bonchev–Trinajstić information content (AvgIpc) is 3.30. The number of H-pyrrole nitrogens is 1. The molecular weight excluding hydrogens is 320 g/mol. The third-order valence-corrected chi connectivity index (χ3v) is 3.77. The summed E-state index contributed by atoms with van der Waals surface area (Å²) in [5.74, 6) is 0.665. The Bertz CT molecular complexity index is 1020. The number of carbonyl (C=O) groups is 1. The summed E-state index contributed by atoms with van der Waals surface area (Å²) in [6.45, 7) is 0.215. The fourth-order valence-electron chi connectivity index (χ4n) is 2.50. The van der Waals surface area contributed by atoms with Crippen molar-refractivity contribution in [2.45, 2.75) is 6.54 Å². The normalized spacial score (nSPS) is 10.9. The average molecular weight is 334 g/mol. The molecule has 1 amide bonds. The second kappa shape index (κ2) is 6.16. The van der Waals surface area contributed by atoms with E-state index in [4.69, 9.17) is 4.52 Å². The monoisotopic (exact) mass is 334 g/mol. The number of carbonyl (C=O) groups excluding carboxylic acids is 1. The highest BCUT2D eigenvalue weighted by molar-refractivity contribution is 5.97. The van der Waals surface area contributed by atoms with E-state index in [9.17, 15) is 4.79 Å². The molecular formula is C17H14N6O2. The molecule has 8 heteroatoms. The number of pyridine rings is 1. The summed E-state index contributed by atoms with van der Waals surface area (Å²) in [5.41, 5.74) is 2.95. The van der Waals surface area contributed by atoms with Crippen molar-refractivity contribution in [2.75, 3.05) is 7.05 Å². The van der Waals surface area contributed by atoms with Crippen molar-refractivity contribution in [3.8, 4) is 11.4 Å². The van der Waals surface area contributed by atoms with E-state index in [0.717, 1.165) is 16.6 Å². The number of aromatic amines is 1. The zero-order valence-corrected chi connectivity index (χ0v) is 13.4. The van der Waals surface area contributed by atoms with Crippen LogP contribution in [-0.4, -0.2) is 42.9 Å². The third kappa shape index (κ3) is 2.97. The van der Waals surface area contributed by atoms with Crippen molar-refractivity contribution < 1.29 is 9.32 Å². The molecule has 0 saturated heterocycles. The van der Waals surface area contributed by atoms with Gasteiger partial charge in [0.05, 0.1) is 23.9 Å². The number of hydrogen-bond acceptors (Lipinski definition) is 6. The topological polar surface area (TPSA) is 101 Å². The lowest BCUT2D eigenvalue weighted by molar-refractivity contribution is 0.0769. The first kappa shape index (κ1) is 15.0. The van der Waals surface area contributed by atoms with Gasteiger partial charge in [0.1, 0.15) is 0 Å². The zero-order chi connectivity index (χ0) is 17.2. The number of nitrogens with zero attached hydrogens (tertiary/aromatic N) is 5. The molecule has 25 heavy (non-hydrogen) atoms. The maximum Gasteiger partial charge on any atom is 0.254 e. The summed E-state index contributed by atoms with van der Waals surface area (Å²) in [6.07, 6.45) is 4.93. The number of rotatable bonds is 4. The fourth-order valence-corrected chi connectivity index (χ4v) is 2.50. The van der Waals surface area contributed by atoms with Crippen molar-refractivity contribution in [1.82, 2.24) is 30.0 Å². The van der Waals surface area contributed by atoms with E-state index in [1.165, 1.54) is 4.90 Å². The minimum absolute atomic E-state index is 0.141. The van der Waals surface area contributed by atoms with Gasteiger partial charge in [-0.05, 0) is 30.3 Å². The number of amides is 1. The molecule has 4 rings (SSSR count). The molecule has 0 bridgehead atoms. The fraction of sp³-hybridized carbons (Fsp3) is 0.118. The molecule has 0 aliphatic carbocycles. The van der Waals surface area contributed by atoms with Gasteiger partial charge in [0, 0.05) is 30.6 Å². The van der Waals surface area contributed by atoms with Crippen LogP contribution in [0.1, 0.15) is 16.2 Å². The van der Waals surface area contributed by atoms with E-state index in [0.29, 0.717) is 17.3 Å². The molecule has 0 unspecified atom stereocenters. The first-order valence-electron chi connectivity index (χ1n) is 7.62. The van der Waals surface area contributed by atoms with Crippen LogP contribution in [0.2, 0.25) is 0 Å². The van der Waals surface area contributed by atoms with Crippen LogP contribution in [0.15, 0.2) is 53.6 Å². The summed E-state index contributed by atoms with van der Waals surface area (Å²) in [7, 11) is 1.69. The Morgan fingerprint density at radius 1 is 1.32 bits per heavy atom. The SMILES string of the molecule is CN(Cc1nc(-c2cccnc2)no1)C(=O)c1ccc2nc[nH]c2c1. The summed E-state index contributed by atoms with van der Waals surface area (Å²) < 4.78 is 5.23. The second-order valence-corrected chi connectivity index (χ2v) is 5.55. The highest BCUT2D eigenvalue weighted by Gasteiger charge is 2.17. The van der Waals surface area contributed by atoms with Crippen LogP contribution in [0.25, 0.3) is 22.4 Å². The van der Waals surface area contributed by atoms with E-state index >= 15 is 0 Å². The Balaban J connectivity index is 1.50. The number of nitrogens with one attached hydrogen (secondary N) is 1. The van der Waals surface area contributed by atoms with Crippen LogP contribution in [0.4, 0.5) is 0 Å². The predicted octanol–water partition coefficient (Wildman–Crippen LogP) is 2.28. The molecule has 0 aliphatic heterocycles. The van der Waals surface area contributed by atoms with Gasteiger partial charge in [0.15, 0.2) is 0 Å². The minimum Gasteiger partial charge on any atom is -0.345 e. The molecule has 3 aromatic heterocycles. The summed E-state index contributed by atoms with van der Waals surface area (Å²) in [6, 6.07) is 8.97. The third-order valence-electron chi connectivity index (χ3n) is 3.77. The largest absolute Gasteiger partial charge is 0.345 e. The molecule has 3 heterocycles. The van der Waals surface area contributed by atoms with Crippen LogP contribution < -0.4 is 0 Å². The van der Waals surface area contributed by atoms with Crippen molar-refractivity contribution in [2.24, 2.45) is 0 Å². The van der Waals surface area contributed by atoms with Crippen LogP contribution in [0.3, 0.4) is 0 Å². The Kier molecular flexibility index (Phi) is 3.70. The molecule has 0 spiro atoms.